The van der Waals surface area contributed by atoms with Crippen LogP contribution in [0.25, 0.3) is 0 Å². The van der Waals surface area contributed by atoms with Gasteiger partial charge in [-0.05, 0) is 54.8 Å². The molecular weight excluding hydrogens is 373 g/mol. The van der Waals surface area contributed by atoms with Gasteiger partial charge in [-0.15, -0.1) is 0 Å². The minimum atomic E-state index is -0.300. The predicted octanol–water partition coefficient (Wildman–Crippen LogP) is 3.67. The number of nitrogens with zero attached hydrogens (tertiary/aromatic N) is 2. The molecule has 2 fully saturated rings. The van der Waals surface area contributed by atoms with Gasteiger partial charge >= 0.3 is 6.03 Å². The second kappa shape index (κ2) is 8.61. The number of likely N-dealkylation sites (tertiary alicyclic amines) is 1. The van der Waals surface area contributed by atoms with Crippen molar-refractivity contribution in [2.45, 2.75) is 18.9 Å². The van der Waals surface area contributed by atoms with Crippen molar-refractivity contribution in [1.29, 1.82) is 0 Å². The van der Waals surface area contributed by atoms with Gasteiger partial charge in [-0.3, -0.25) is 4.79 Å². The molecule has 7 heteroatoms. The van der Waals surface area contributed by atoms with E-state index in [-0.39, 0.29) is 23.9 Å². The highest BCUT2D eigenvalue weighted by Gasteiger charge is 2.26. The predicted molar refractivity (Wildman–Crippen MR) is 107 cm³/mol. The third kappa shape index (κ3) is 4.56. The molecule has 1 atom stereocenters. The molecule has 3 amide bonds. The Hall–Kier alpha value is -2.93. The lowest BCUT2D eigenvalue weighted by molar-refractivity contribution is -0.0135. The lowest BCUT2D eigenvalue weighted by atomic mass is 10.1. The lowest BCUT2D eigenvalue weighted by Crippen LogP contribution is -2.44. The van der Waals surface area contributed by atoms with Gasteiger partial charge in [0, 0.05) is 30.9 Å². The second-order valence-electron chi connectivity index (χ2n) is 7.36. The highest BCUT2D eigenvalue weighted by atomic mass is 19.1. The van der Waals surface area contributed by atoms with E-state index < -0.39 is 0 Å². The molecule has 29 heavy (non-hydrogen) atoms. The summed E-state index contributed by atoms with van der Waals surface area (Å²) in [5.41, 5.74) is 2.11. The summed E-state index contributed by atoms with van der Waals surface area (Å²) in [5, 5.41) is 2.87. The van der Waals surface area contributed by atoms with Gasteiger partial charge in [0.25, 0.3) is 5.91 Å². The Kier molecular flexibility index (Phi) is 5.76. The Morgan fingerprint density at radius 2 is 1.62 bits per heavy atom. The van der Waals surface area contributed by atoms with E-state index in [4.69, 9.17) is 4.74 Å². The van der Waals surface area contributed by atoms with E-state index in [1.54, 1.807) is 41.3 Å². The van der Waals surface area contributed by atoms with Crippen molar-refractivity contribution in [3.8, 4) is 0 Å². The number of amides is 3. The maximum absolute atomic E-state index is 13.1. The first kappa shape index (κ1) is 19.4. The van der Waals surface area contributed by atoms with Crippen LogP contribution < -0.4 is 5.32 Å². The summed E-state index contributed by atoms with van der Waals surface area (Å²) in [6.45, 7) is 2.91. The first-order valence-corrected chi connectivity index (χ1v) is 9.92. The fourth-order valence-electron chi connectivity index (χ4n) is 3.71. The van der Waals surface area contributed by atoms with Crippen LogP contribution in [0.5, 0.6) is 0 Å². The first-order valence-electron chi connectivity index (χ1n) is 9.92. The van der Waals surface area contributed by atoms with Crippen LogP contribution in [0.3, 0.4) is 0 Å². The SMILES string of the molecule is O=C(Nc1ccc(C(=O)N2CCCC2)cc1)N1CCOC(c2ccc(F)cc2)C1. The summed E-state index contributed by atoms with van der Waals surface area (Å²) in [6, 6.07) is 12.9. The molecule has 2 saturated heterocycles. The van der Waals surface area contributed by atoms with Gasteiger partial charge in [-0.25, -0.2) is 9.18 Å². The molecule has 0 radical (unpaired) electrons. The van der Waals surface area contributed by atoms with E-state index in [2.05, 4.69) is 5.32 Å². The highest BCUT2D eigenvalue weighted by Crippen LogP contribution is 2.23. The number of rotatable bonds is 3. The van der Waals surface area contributed by atoms with E-state index in [0.717, 1.165) is 31.5 Å². The number of carbonyl (C=O) groups excluding carboxylic acids is 2. The van der Waals surface area contributed by atoms with Crippen molar-refractivity contribution in [1.82, 2.24) is 9.80 Å². The number of anilines is 1. The van der Waals surface area contributed by atoms with Crippen molar-refractivity contribution in [2.75, 3.05) is 38.1 Å². The Morgan fingerprint density at radius 1 is 0.931 bits per heavy atom. The van der Waals surface area contributed by atoms with Gasteiger partial charge < -0.3 is 19.9 Å². The molecule has 2 aliphatic heterocycles. The molecule has 2 aromatic carbocycles. The number of benzene rings is 2. The number of nitrogens with one attached hydrogen (secondary N) is 1. The van der Waals surface area contributed by atoms with Gasteiger partial charge in [-0.1, -0.05) is 12.1 Å². The van der Waals surface area contributed by atoms with Crippen LogP contribution in [-0.4, -0.2) is 54.5 Å². The molecule has 0 bridgehead atoms. The van der Waals surface area contributed by atoms with Gasteiger partial charge in [-0.2, -0.15) is 0 Å². The fraction of sp³-hybridized carbons (Fsp3) is 0.364. The Balaban J connectivity index is 1.35. The van der Waals surface area contributed by atoms with E-state index in [9.17, 15) is 14.0 Å². The van der Waals surface area contributed by atoms with E-state index in [1.807, 2.05) is 4.90 Å². The number of morpholine rings is 1. The summed E-state index contributed by atoms with van der Waals surface area (Å²) < 4.78 is 18.9. The molecular formula is C22H24FN3O3. The zero-order valence-corrected chi connectivity index (χ0v) is 16.1. The molecule has 1 unspecified atom stereocenters. The minimum Gasteiger partial charge on any atom is -0.370 e. The average Bonchev–Trinajstić information content (AvgIpc) is 3.29. The van der Waals surface area contributed by atoms with Crippen LogP contribution in [-0.2, 0) is 4.74 Å². The summed E-state index contributed by atoms with van der Waals surface area (Å²) >= 11 is 0. The monoisotopic (exact) mass is 397 g/mol. The van der Waals surface area contributed by atoms with Gasteiger partial charge in [0.15, 0.2) is 0 Å². The second-order valence-corrected chi connectivity index (χ2v) is 7.36. The largest absolute Gasteiger partial charge is 0.370 e. The third-order valence-corrected chi connectivity index (χ3v) is 5.37. The number of ether oxygens (including phenoxy) is 1. The standard InChI is InChI=1S/C22H24FN3O3/c23-18-7-3-16(4-8-18)20-15-26(13-14-29-20)22(28)24-19-9-5-17(6-10-19)21(27)25-11-1-2-12-25/h3-10,20H,1-2,11-15H2,(H,24,28). The topological polar surface area (TPSA) is 61.9 Å². The van der Waals surface area contributed by atoms with E-state index in [0.29, 0.717) is 30.9 Å². The van der Waals surface area contributed by atoms with Crippen LogP contribution in [0.4, 0.5) is 14.9 Å². The molecule has 1 N–H and O–H groups in total. The molecule has 0 spiro atoms. The van der Waals surface area contributed by atoms with Crippen LogP contribution in [0.1, 0.15) is 34.9 Å². The lowest BCUT2D eigenvalue weighted by Gasteiger charge is -2.33. The summed E-state index contributed by atoms with van der Waals surface area (Å²) in [5.74, 6) is -0.262. The maximum atomic E-state index is 13.1. The van der Waals surface area contributed by atoms with Gasteiger partial charge in [0.1, 0.15) is 11.9 Å². The van der Waals surface area contributed by atoms with Crippen molar-refractivity contribution in [3.63, 3.8) is 0 Å². The molecule has 4 rings (SSSR count). The van der Waals surface area contributed by atoms with E-state index >= 15 is 0 Å². The summed E-state index contributed by atoms with van der Waals surface area (Å²) in [4.78, 5) is 28.6. The Bertz CT molecular complexity index is 864. The minimum absolute atomic E-state index is 0.0377. The van der Waals surface area contributed by atoms with Crippen molar-refractivity contribution in [3.05, 3.63) is 65.5 Å². The van der Waals surface area contributed by atoms with E-state index in [1.165, 1.54) is 12.1 Å². The average molecular weight is 397 g/mol. The van der Waals surface area contributed by atoms with Crippen LogP contribution in [0.2, 0.25) is 0 Å². The summed E-state index contributed by atoms with van der Waals surface area (Å²) in [7, 11) is 0. The van der Waals surface area contributed by atoms with Crippen LogP contribution in [0, 0.1) is 5.82 Å². The highest BCUT2D eigenvalue weighted by molar-refractivity contribution is 5.95. The number of halogens is 1. The first-order chi connectivity index (χ1) is 14.1. The Morgan fingerprint density at radius 3 is 2.31 bits per heavy atom. The smallest absolute Gasteiger partial charge is 0.322 e. The zero-order valence-electron chi connectivity index (χ0n) is 16.1. The number of urea groups is 1. The summed E-state index contributed by atoms with van der Waals surface area (Å²) in [6.07, 6.45) is 1.83. The molecule has 6 nitrogen and oxygen atoms in total. The molecule has 0 aliphatic carbocycles. The third-order valence-electron chi connectivity index (χ3n) is 5.37. The molecule has 0 saturated carbocycles. The normalized spacial score (nSPS) is 19.3. The van der Waals surface area contributed by atoms with Crippen LogP contribution in [0.15, 0.2) is 48.5 Å². The zero-order chi connectivity index (χ0) is 20.2. The molecule has 2 aromatic rings. The van der Waals surface area contributed by atoms with Gasteiger partial charge in [0.05, 0.1) is 13.2 Å². The number of hydrogen-bond donors (Lipinski definition) is 1. The quantitative estimate of drug-likeness (QED) is 0.860. The fourth-order valence-corrected chi connectivity index (χ4v) is 3.71. The molecule has 0 aromatic heterocycles. The van der Waals surface area contributed by atoms with Gasteiger partial charge in [0.2, 0.25) is 0 Å². The number of hydrogen-bond acceptors (Lipinski definition) is 3. The Labute approximate surface area is 169 Å². The van der Waals surface area contributed by atoms with Crippen molar-refractivity contribution >= 4 is 17.6 Å². The van der Waals surface area contributed by atoms with Crippen molar-refractivity contribution < 1.29 is 18.7 Å². The molecule has 2 heterocycles. The van der Waals surface area contributed by atoms with Crippen molar-refractivity contribution in [2.24, 2.45) is 0 Å². The maximum Gasteiger partial charge on any atom is 0.322 e. The van der Waals surface area contributed by atoms with Crippen LogP contribution >= 0.6 is 0 Å². The number of carbonyl (C=O) groups is 2. The molecule has 152 valence electrons. The molecule has 2 aliphatic rings.